The summed E-state index contributed by atoms with van der Waals surface area (Å²) in [6, 6.07) is 17.1. The molecule has 0 bridgehead atoms. The Bertz CT molecular complexity index is 1370. The summed E-state index contributed by atoms with van der Waals surface area (Å²) in [6.07, 6.45) is 0. The van der Waals surface area contributed by atoms with Crippen molar-refractivity contribution in [3.8, 4) is 5.75 Å². The highest BCUT2D eigenvalue weighted by molar-refractivity contribution is 5.99. The average Bonchev–Trinajstić information content (AvgIpc) is 3.03. The number of phenols is 1. The van der Waals surface area contributed by atoms with Gasteiger partial charge in [-0.15, -0.1) is 0 Å². The zero-order valence-corrected chi connectivity index (χ0v) is 16.6. The minimum absolute atomic E-state index is 0.0331. The molecule has 0 saturated heterocycles. The predicted molar refractivity (Wildman–Crippen MR) is 113 cm³/mol. The molecule has 154 valence electrons. The Morgan fingerprint density at radius 1 is 1.00 bits per heavy atom. The van der Waals surface area contributed by atoms with Crippen molar-refractivity contribution in [2.75, 3.05) is 0 Å². The molecule has 1 aliphatic heterocycles. The third kappa shape index (κ3) is 3.17. The normalized spacial score (nSPS) is 15.5. The van der Waals surface area contributed by atoms with E-state index in [4.69, 9.17) is 4.42 Å². The standard InChI is InChI=1S/C25H18FNO4/c1-14-2-4-15(5-3-14)13-27-22(16-6-9-18(28)10-7-16)21-23(29)19-12-17(26)8-11-20(19)31-24(21)25(27)30/h2-12,22,28H,13H2,1H3. The van der Waals surface area contributed by atoms with Crippen molar-refractivity contribution in [1.29, 1.82) is 0 Å². The van der Waals surface area contributed by atoms with Crippen LogP contribution in [0.1, 0.15) is 38.9 Å². The fraction of sp³-hybridized carbons (Fsp3) is 0.120. The second kappa shape index (κ2) is 7.09. The molecule has 5 rings (SSSR count). The third-order valence-electron chi connectivity index (χ3n) is 5.61. The number of aryl methyl sites for hydroxylation is 1. The van der Waals surface area contributed by atoms with E-state index in [9.17, 15) is 19.1 Å². The maximum atomic E-state index is 13.8. The van der Waals surface area contributed by atoms with Gasteiger partial charge in [0.25, 0.3) is 5.91 Å². The lowest BCUT2D eigenvalue weighted by molar-refractivity contribution is 0.0714. The number of aromatic hydroxyl groups is 1. The van der Waals surface area contributed by atoms with Crippen LogP contribution in [-0.4, -0.2) is 15.9 Å². The van der Waals surface area contributed by atoms with E-state index in [0.717, 1.165) is 17.2 Å². The molecule has 31 heavy (non-hydrogen) atoms. The lowest BCUT2D eigenvalue weighted by Crippen LogP contribution is -2.29. The van der Waals surface area contributed by atoms with Crippen LogP contribution in [0.3, 0.4) is 0 Å². The third-order valence-corrected chi connectivity index (χ3v) is 5.61. The Labute approximate surface area is 177 Å². The topological polar surface area (TPSA) is 70.8 Å². The molecule has 2 heterocycles. The first-order chi connectivity index (χ1) is 14.9. The molecule has 1 N–H and O–H groups in total. The molecule has 1 aliphatic rings. The summed E-state index contributed by atoms with van der Waals surface area (Å²) in [4.78, 5) is 28.3. The molecule has 1 aromatic heterocycles. The molecule has 3 aromatic carbocycles. The number of carbonyl (C=O) groups excluding carboxylic acids is 1. The van der Waals surface area contributed by atoms with E-state index < -0.39 is 23.2 Å². The molecule has 0 radical (unpaired) electrons. The van der Waals surface area contributed by atoms with Gasteiger partial charge in [0, 0.05) is 6.54 Å². The monoisotopic (exact) mass is 415 g/mol. The predicted octanol–water partition coefficient (Wildman–Crippen LogP) is 4.69. The van der Waals surface area contributed by atoms with Crippen LogP contribution in [0.5, 0.6) is 5.75 Å². The van der Waals surface area contributed by atoms with Crippen LogP contribution in [0.15, 0.2) is 75.9 Å². The summed E-state index contributed by atoms with van der Waals surface area (Å²) in [5, 5.41) is 9.79. The van der Waals surface area contributed by atoms with Gasteiger partial charge in [0.1, 0.15) is 17.1 Å². The van der Waals surface area contributed by atoms with Gasteiger partial charge < -0.3 is 14.4 Å². The summed E-state index contributed by atoms with van der Waals surface area (Å²) in [5.74, 6) is -0.918. The molecule has 1 amide bonds. The number of benzene rings is 3. The molecule has 0 saturated carbocycles. The van der Waals surface area contributed by atoms with Gasteiger partial charge in [0.05, 0.1) is 17.0 Å². The average molecular weight is 415 g/mol. The minimum Gasteiger partial charge on any atom is -0.508 e. The number of carbonyl (C=O) groups is 1. The number of halogens is 1. The SMILES string of the molecule is Cc1ccc(CN2C(=O)c3oc4ccc(F)cc4c(=O)c3C2c2ccc(O)cc2)cc1. The largest absolute Gasteiger partial charge is 0.508 e. The van der Waals surface area contributed by atoms with Crippen LogP contribution in [0.2, 0.25) is 0 Å². The maximum Gasteiger partial charge on any atom is 0.291 e. The van der Waals surface area contributed by atoms with E-state index >= 15 is 0 Å². The fourth-order valence-electron chi connectivity index (χ4n) is 4.05. The van der Waals surface area contributed by atoms with Crippen LogP contribution in [0.25, 0.3) is 11.0 Å². The Morgan fingerprint density at radius 2 is 1.71 bits per heavy atom. The molecular formula is C25H18FNO4. The molecule has 0 fully saturated rings. The summed E-state index contributed by atoms with van der Waals surface area (Å²) in [6.45, 7) is 2.24. The molecule has 0 spiro atoms. The number of rotatable bonds is 3. The van der Waals surface area contributed by atoms with E-state index in [0.29, 0.717) is 5.56 Å². The lowest BCUT2D eigenvalue weighted by Gasteiger charge is -2.25. The Morgan fingerprint density at radius 3 is 2.42 bits per heavy atom. The van der Waals surface area contributed by atoms with Crippen molar-refractivity contribution in [2.45, 2.75) is 19.5 Å². The Kier molecular flexibility index (Phi) is 4.36. The van der Waals surface area contributed by atoms with Crippen molar-refractivity contribution < 1.29 is 18.7 Å². The lowest BCUT2D eigenvalue weighted by atomic mass is 9.98. The van der Waals surface area contributed by atoms with E-state index in [2.05, 4.69) is 0 Å². The highest BCUT2D eigenvalue weighted by Crippen LogP contribution is 2.39. The highest BCUT2D eigenvalue weighted by atomic mass is 19.1. The molecule has 1 atom stereocenters. The second-order valence-corrected chi connectivity index (χ2v) is 7.73. The number of hydrogen-bond donors (Lipinski definition) is 1. The molecule has 0 aliphatic carbocycles. The van der Waals surface area contributed by atoms with E-state index in [-0.39, 0.29) is 34.6 Å². The molecule has 1 unspecified atom stereocenters. The molecular weight excluding hydrogens is 397 g/mol. The van der Waals surface area contributed by atoms with Gasteiger partial charge in [-0.05, 0) is 48.4 Å². The van der Waals surface area contributed by atoms with E-state index in [1.54, 1.807) is 17.0 Å². The van der Waals surface area contributed by atoms with E-state index in [1.165, 1.54) is 24.3 Å². The number of amides is 1. The van der Waals surface area contributed by atoms with Gasteiger partial charge in [-0.2, -0.15) is 0 Å². The van der Waals surface area contributed by atoms with Crippen molar-refractivity contribution >= 4 is 16.9 Å². The van der Waals surface area contributed by atoms with Crippen LogP contribution >= 0.6 is 0 Å². The van der Waals surface area contributed by atoms with Crippen molar-refractivity contribution in [3.63, 3.8) is 0 Å². The van der Waals surface area contributed by atoms with Gasteiger partial charge in [-0.1, -0.05) is 42.0 Å². The zero-order valence-electron chi connectivity index (χ0n) is 16.6. The summed E-state index contributed by atoms with van der Waals surface area (Å²) < 4.78 is 19.6. The van der Waals surface area contributed by atoms with E-state index in [1.807, 2.05) is 31.2 Å². The van der Waals surface area contributed by atoms with Crippen molar-refractivity contribution in [1.82, 2.24) is 4.90 Å². The smallest absolute Gasteiger partial charge is 0.291 e. The molecule has 5 nitrogen and oxygen atoms in total. The number of phenolic OH excluding ortho intramolecular Hbond substituents is 1. The first-order valence-electron chi connectivity index (χ1n) is 9.84. The molecule has 6 heteroatoms. The summed E-state index contributed by atoms with van der Waals surface area (Å²) in [5.41, 5.74) is 2.56. The van der Waals surface area contributed by atoms with Crippen LogP contribution < -0.4 is 5.43 Å². The van der Waals surface area contributed by atoms with Gasteiger partial charge in [0.15, 0.2) is 5.43 Å². The van der Waals surface area contributed by atoms with Crippen molar-refractivity contribution in [3.05, 3.63) is 111 Å². The first-order valence-corrected chi connectivity index (χ1v) is 9.84. The van der Waals surface area contributed by atoms with Crippen LogP contribution in [0.4, 0.5) is 4.39 Å². The van der Waals surface area contributed by atoms with Gasteiger partial charge in [-0.25, -0.2) is 4.39 Å². The van der Waals surface area contributed by atoms with Crippen molar-refractivity contribution in [2.24, 2.45) is 0 Å². The molecule has 4 aromatic rings. The fourth-order valence-corrected chi connectivity index (χ4v) is 4.05. The van der Waals surface area contributed by atoms with Gasteiger partial charge in [-0.3, -0.25) is 9.59 Å². The number of nitrogens with zero attached hydrogens (tertiary/aromatic N) is 1. The Hall–Kier alpha value is -3.93. The summed E-state index contributed by atoms with van der Waals surface area (Å²) >= 11 is 0. The Balaban J connectivity index is 1.72. The second-order valence-electron chi connectivity index (χ2n) is 7.73. The zero-order chi connectivity index (χ0) is 21.7. The highest BCUT2D eigenvalue weighted by Gasteiger charge is 2.42. The quantitative estimate of drug-likeness (QED) is 0.527. The first kappa shape index (κ1) is 19.1. The summed E-state index contributed by atoms with van der Waals surface area (Å²) in [7, 11) is 0. The van der Waals surface area contributed by atoms with Crippen LogP contribution in [0, 0.1) is 12.7 Å². The van der Waals surface area contributed by atoms with Gasteiger partial charge >= 0.3 is 0 Å². The minimum atomic E-state index is -0.715. The number of fused-ring (bicyclic) bond motifs is 2. The number of hydrogen-bond acceptors (Lipinski definition) is 4. The van der Waals surface area contributed by atoms with Gasteiger partial charge in [0.2, 0.25) is 5.76 Å². The van der Waals surface area contributed by atoms with Crippen LogP contribution in [-0.2, 0) is 6.54 Å². The maximum absolute atomic E-state index is 13.8.